The van der Waals surface area contributed by atoms with E-state index in [0.717, 1.165) is 17.5 Å². The predicted molar refractivity (Wildman–Crippen MR) is 96.2 cm³/mol. The molecule has 0 aliphatic heterocycles. The summed E-state index contributed by atoms with van der Waals surface area (Å²) in [5.41, 5.74) is 1.76. The van der Waals surface area contributed by atoms with Crippen molar-refractivity contribution in [1.29, 1.82) is 0 Å². The van der Waals surface area contributed by atoms with Crippen LogP contribution in [-0.4, -0.2) is 28.7 Å². The molecule has 0 aliphatic rings. The third-order valence-electron chi connectivity index (χ3n) is 3.58. The van der Waals surface area contributed by atoms with E-state index < -0.39 is 10.0 Å². The van der Waals surface area contributed by atoms with E-state index in [1.165, 1.54) is 0 Å². The minimum atomic E-state index is -3.60. The molecular weight excluding hydrogens is 346 g/mol. The van der Waals surface area contributed by atoms with Gasteiger partial charge in [0.15, 0.2) is 0 Å². The number of benzene rings is 1. The van der Waals surface area contributed by atoms with E-state index in [-0.39, 0.29) is 17.5 Å². The minimum absolute atomic E-state index is 0.183. The topological polar surface area (TPSA) is 64.6 Å². The molecular formula is C17H23NO4S2. The highest BCUT2D eigenvalue weighted by molar-refractivity contribution is 7.89. The molecule has 0 spiro atoms. The molecule has 5 nitrogen and oxygen atoms in total. The van der Waals surface area contributed by atoms with Gasteiger partial charge < -0.3 is 9.47 Å². The van der Waals surface area contributed by atoms with Gasteiger partial charge in [-0.15, -0.1) is 0 Å². The maximum absolute atomic E-state index is 12.5. The second-order valence-corrected chi connectivity index (χ2v) is 7.96. The zero-order valence-corrected chi connectivity index (χ0v) is 15.7. The monoisotopic (exact) mass is 369 g/mol. The Bertz CT molecular complexity index is 742. The second kappa shape index (κ2) is 8.62. The summed E-state index contributed by atoms with van der Waals surface area (Å²) in [4.78, 5) is 0.226. The maximum atomic E-state index is 12.5. The van der Waals surface area contributed by atoms with Crippen LogP contribution in [-0.2, 0) is 14.8 Å². The molecule has 7 heteroatoms. The SMILES string of the molecule is CCCOc1ccc(S(=O)(=O)NCC(OC)c2ccsc2)cc1C. The second-order valence-electron chi connectivity index (χ2n) is 5.41. The van der Waals surface area contributed by atoms with Crippen molar-refractivity contribution in [2.24, 2.45) is 0 Å². The highest BCUT2D eigenvalue weighted by Gasteiger charge is 2.19. The molecule has 0 radical (unpaired) electrons. The van der Waals surface area contributed by atoms with E-state index in [0.29, 0.717) is 12.4 Å². The van der Waals surface area contributed by atoms with Crippen molar-refractivity contribution in [1.82, 2.24) is 4.72 Å². The number of hydrogen-bond acceptors (Lipinski definition) is 5. The molecule has 1 aromatic carbocycles. The van der Waals surface area contributed by atoms with Crippen molar-refractivity contribution < 1.29 is 17.9 Å². The van der Waals surface area contributed by atoms with E-state index in [2.05, 4.69) is 4.72 Å². The fraction of sp³-hybridized carbons (Fsp3) is 0.412. The number of ether oxygens (including phenoxy) is 2. The highest BCUT2D eigenvalue weighted by Crippen LogP contribution is 2.23. The lowest BCUT2D eigenvalue weighted by molar-refractivity contribution is 0.107. The lowest BCUT2D eigenvalue weighted by atomic mass is 10.2. The lowest BCUT2D eigenvalue weighted by Gasteiger charge is -2.16. The summed E-state index contributed by atoms with van der Waals surface area (Å²) in [6.45, 7) is 4.66. The smallest absolute Gasteiger partial charge is 0.240 e. The van der Waals surface area contributed by atoms with Gasteiger partial charge in [-0.25, -0.2) is 13.1 Å². The molecule has 1 aromatic heterocycles. The van der Waals surface area contributed by atoms with Crippen LogP contribution >= 0.6 is 11.3 Å². The van der Waals surface area contributed by atoms with Crippen LogP contribution < -0.4 is 9.46 Å². The molecule has 0 bridgehead atoms. The quantitative estimate of drug-likeness (QED) is 0.735. The van der Waals surface area contributed by atoms with Gasteiger partial charge in [0.25, 0.3) is 0 Å². The number of thiophene rings is 1. The van der Waals surface area contributed by atoms with E-state index in [4.69, 9.17) is 9.47 Å². The Balaban J connectivity index is 2.08. The van der Waals surface area contributed by atoms with Crippen LogP contribution in [0.15, 0.2) is 39.9 Å². The van der Waals surface area contributed by atoms with Gasteiger partial charge in [-0.2, -0.15) is 11.3 Å². The number of aryl methyl sites for hydroxylation is 1. The van der Waals surface area contributed by atoms with Crippen LogP contribution in [0.5, 0.6) is 5.75 Å². The van der Waals surface area contributed by atoms with Crippen molar-refractivity contribution in [2.75, 3.05) is 20.3 Å². The van der Waals surface area contributed by atoms with Crippen LogP contribution in [0.2, 0.25) is 0 Å². The Labute approximate surface area is 147 Å². The summed E-state index contributed by atoms with van der Waals surface area (Å²) in [6, 6.07) is 6.82. The zero-order chi connectivity index (χ0) is 17.6. The van der Waals surface area contributed by atoms with Gasteiger partial charge in [-0.3, -0.25) is 0 Å². The normalized spacial score (nSPS) is 13.0. The summed E-state index contributed by atoms with van der Waals surface area (Å²) < 4.78 is 38.6. The standard InChI is InChI=1S/C17H23NO4S2/c1-4-8-22-16-6-5-15(10-13(16)2)24(19,20)18-11-17(21-3)14-7-9-23-12-14/h5-7,9-10,12,17-18H,4,8,11H2,1-3H3. The molecule has 0 amide bonds. The van der Waals surface area contributed by atoms with E-state index in [1.54, 1.807) is 36.6 Å². The van der Waals surface area contributed by atoms with Crippen molar-refractivity contribution in [2.45, 2.75) is 31.3 Å². The minimum Gasteiger partial charge on any atom is -0.493 e. The van der Waals surface area contributed by atoms with Crippen LogP contribution in [0.25, 0.3) is 0 Å². The van der Waals surface area contributed by atoms with Gasteiger partial charge in [0.1, 0.15) is 5.75 Å². The van der Waals surface area contributed by atoms with Crippen molar-refractivity contribution >= 4 is 21.4 Å². The Kier molecular flexibility index (Phi) is 6.79. The summed E-state index contributed by atoms with van der Waals surface area (Å²) in [5.74, 6) is 0.712. The fourth-order valence-electron chi connectivity index (χ4n) is 2.23. The molecule has 2 rings (SSSR count). The molecule has 24 heavy (non-hydrogen) atoms. The largest absolute Gasteiger partial charge is 0.493 e. The number of hydrogen-bond donors (Lipinski definition) is 1. The average molecular weight is 370 g/mol. The Morgan fingerprint density at radius 2 is 2.08 bits per heavy atom. The van der Waals surface area contributed by atoms with Gasteiger partial charge in [0, 0.05) is 13.7 Å². The summed E-state index contributed by atoms with van der Waals surface area (Å²) in [6.07, 6.45) is 0.599. The first-order valence-electron chi connectivity index (χ1n) is 7.76. The molecule has 0 saturated heterocycles. The average Bonchev–Trinajstić information content (AvgIpc) is 3.08. The number of nitrogens with one attached hydrogen (secondary N) is 1. The first-order valence-corrected chi connectivity index (χ1v) is 10.2. The molecule has 1 atom stereocenters. The first kappa shape index (κ1) is 18.9. The lowest BCUT2D eigenvalue weighted by Crippen LogP contribution is -2.29. The van der Waals surface area contributed by atoms with Crippen LogP contribution in [0.3, 0.4) is 0 Å². The molecule has 0 saturated carbocycles. The summed E-state index contributed by atoms with van der Waals surface area (Å²) in [5, 5.41) is 3.89. The fourth-order valence-corrected chi connectivity index (χ4v) is 4.05. The molecule has 0 fully saturated rings. The number of rotatable bonds is 9. The van der Waals surface area contributed by atoms with Gasteiger partial charge in [-0.1, -0.05) is 6.92 Å². The predicted octanol–water partition coefficient (Wildman–Crippen LogP) is 3.51. The van der Waals surface area contributed by atoms with E-state index in [9.17, 15) is 8.42 Å². The Morgan fingerprint density at radius 3 is 2.67 bits per heavy atom. The third kappa shape index (κ3) is 4.80. The number of methoxy groups -OCH3 is 1. The van der Waals surface area contributed by atoms with Gasteiger partial charge in [0.05, 0.1) is 17.6 Å². The van der Waals surface area contributed by atoms with E-state index in [1.807, 2.05) is 30.7 Å². The maximum Gasteiger partial charge on any atom is 0.240 e. The molecule has 1 heterocycles. The molecule has 0 aliphatic carbocycles. The van der Waals surface area contributed by atoms with Crippen LogP contribution in [0, 0.1) is 6.92 Å². The molecule has 2 aromatic rings. The first-order chi connectivity index (χ1) is 11.5. The highest BCUT2D eigenvalue weighted by atomic mass is 32.2. The van der Waals surface area contributed by atoms with Crippen molar-refractivity contribution in [3.63, 3.8) is 0 Å². The molecule has 132 valence electrons. The molecule has 1 unspecified atom stereocenters. The number of sulfonamides is 1. The van der Waals surface area contributed by atoms with E-state index >= 15 is 0 Å². The zero-order valence-electron chi connectivity index (χ0n) is 14.1. The Hall–Kier alpha value is -1.41. The van der Waals surface area contributed by atoms with Gasteiger partial charge in [-0.05, 0) is 59.5 Å². The summed E-state index contributed by atoms with van der Waals surface area (Å²) >= 11 is 1.55. The van der Waals surface area contributed by atoms with Gasteiger partial charge in [0.2, 0.25) is 10.0 Å². The third-order valence-corrected chi connectivity index (χ3v) is 5.70. The summed E-state index contributed by atoms with van der Waals surface area (Å²) in [7, 11) is -2.03. The molecule has 1 N–H and O–H groups in total. The van der Waals surface area contributed by atoms with Crippen molar-refractivity contribution in [3.05, 3.63) is 46.2 Å². The van der Waals surface area contributed by atoms with Crippen molar-refractivity contribution in [3.8, 4) is 5.75 Å². The van der Waals surface area contributed by atoms with Crippen LogP contribution in [0.1, 0.15) is 30.6 Å². The Morgan fingerprint density at radius 1 is 1.29 bits per heavy atom. The van der Waals surface area contributed by atoms with Crippen LogP contribution in [0.4, 0.5) is 0 Å². The van der Waals surface area contributed by atoms with Gasteiger partial charge >= 0.3 is 0 Å².